The van der Waals surface area contributed by atoms with E-state index < -0.39 is 17.9 Å². The highest BCUT2D eigenvalue weighted by Gasteiger charge is 2.18. The molecule has 1 aromatic rings. The summed E-state index contributed by atoms with van der Waals surface area (Å²) in [6, 6.07) is 5.62. The van der Waals surface area contributed by atoms with E-state index in [0.717, 1.165) is 0 Å². The summed E-state index contributed by atoms with van der Waals surface area (Å²) < 4.78 is 10.2. The number of carboxylic acids is 1. The first-order valence-corrected chi connectivity index (χ1v) is 6.34. The topological polar surface area (TPSA) is 84.9 Å². The van der Waals surface area contributed by atoms with Gasteiger partial charge in [0.15, 0.2) is 0 Å². The van der Waals surface area contributed by atoms with Gasteiger partial charge in [0.2, 0.25) is 0 Å². The minimum absolute atomic E-state index is 0.333. The van der Waals surface area contributed by atoms with Crippen LogP contribution in [0.2, 0.25) is 0 Å². The highest BCUT2D eigenvalue weighted by atomic mass is 16.5. The fourth-order valence-corrected chi connectivity index (χ4v) is 1.53. The molecule has 110 valence electrons. The molecular weight excluding hydrogens is 262 g/mol. The number of ether oxygens (including phenoxy) is 2. The second kappa shape index (κ2) is 8.16. The SMILES string of the molecule is CCC(NC(=O)c1ccc(OCCOC)cc1)C(=O)O. The third-order valence-electron chi connectivity index (χ3n) is 2.68. The first-order valence-electron chi connectivity index (χ1n) is 6.34. The molecule has 1 unspecified atom stereocenters. The summed E-state index contributed by atoms with van der Waals surface area (Å²) >= 11 is 0. The molecule has 0 saturated heterocycles. The summed E-state index contributed by atoms with van der Waals surface area (Å²) in [6.07, 6.45) is 0.333. The molecule has 20 heavy (non-hydrogen) atoms. The number of amides is 1. The van der Waals surface area contributed by atoms with Crippen molar-refractivity contribution in [1.82, 2.24) is 5.32 Å². The van der Waals surface area contributed by atoms with E-state index in [1.165, 1.54) is 0 Å². The average Bonchev–Trinajstić information content (AvgIpc) is 2.45. The molecule has 0 radical (unpaired) electrons. The highest BCUT2D eigenvalue weighted by Crippen LogP contribution is 2.12. The van der Waals surface area contributed by atoms with Gasteiger partial charge in [-0.1, -0.05) is 6.92 Å². The van der Waals surface area contributed by atoms with Crippen LogP contribution in [0.15, 0.2) is 24.3 Å². The fourth-order valence-electron chi connectivity index (χ4n) is 1.53. The van der Waals surface area contributed by atoms with Gasteiger partial charge in [0.1, 0.15) is 18.4 Å². The van der Waals surface area contributed by atoms with Gasteiger partial charge in [0.25, 0.3) is 5.91 Å². The lowest BCUT2D eigenvalue weighted by atomic mass is 10.1. The number of benzene rings is 1. The van der Waals surface area contributed by atoms with E-state index in [0.29, 0.717) is 30.9 Å². The summed E-state index contributed by atoms with van der Waals surface area (Å²) in [5.74, 6) is -0.827. The molecule has 0 aliphatic heterocycles. The number of nitrogens with one attached hydrogen (secondary N) is 1. The molecular formula is C14H19NO5. The molecule has 1 rings (SSSR count). The molecule has 2 N–H and O–H groups in total. The van der Waals surface area contributed by atoms with E-state index in [2.05, 4.69) is 5.32 Å². The Kier molecular flexibility index (Phi) is 6.52. The van der Waals surface area contributed by atoms with E-state index in [9.17, 15) is 9.59 Å². The van der Waals surface area contributed by atoms with Gasteiger partial charge in [-0.3, -0.25) is 4.79 Å². The minimum Gasteiger partial charge on any atom is -0.491 e. The maximum Gasteiger partial charge on any atom is 0.326 e. The Morgan fingerprint density at radius 2 is 1.90 bits per heavy atom. The van der Waals surface area contributed by atoms with Crippen LogP contribution in [-0.4, -0.2) is 43.3 Å². The predicted molar refractivity (Wildman–Crippen MR) is 73.0 cm³/mol. The summed E-state index contributed by atoms with van der Waals surface area (Å²) in [6.45, 7) is 2.61. The van der Waals surface area contributed by atoms with E-state index >= 15 is 0 Å². The Bertz CT molecular complexity index is 443. The number of carbonyl (C=O) groups is 2. The molecule has 0 bridgehead atoms. The standard InChI is InChI=1S/C14H19NO5/c1-3-12(14(17)18)15-13(16)10-4-6-11(7-5-10)20-9-8-19-2/h4-7,12H,3,8-9H2,1-2H3,(H,15,16)(H,17,18). The van der Waals surface area contributed by atoms with Crippen molar-refractivity contribution in [1.29, 1.82) is 0 Å². The van der Waals surface area contributed by atoms with Crippen molar-refractivity contribution < 1.29 is 24.2 Å². The van der Waals surface area contributed by atoms with Gasteiger partial charge >= 0.3 is 5.97 Å². The molecule has 1 atom stereocenters. The maximum atomic E-state index is 11.9. The van der Waals surface area contributed by atoms with Gasteiger partial charge in [0, 0.05) is 12.7 Å². The number of methoxy groups -OCH3 is 1. The quantitative estimate of drug-likeness (QED) is 0.702. The smallest absolute Gasteiger partial charge is 0.326 e. The molecule has 0 aromatic heterocycles. The van der Waals surface area contributed by atoms with Crippen molar-refractivity contribution in [2.24, 2.45) is 0 Å². The molecule has 0 aliphatic rings. The van der Waals surface area contributed by atoms with Crippen molar-refractivity contribution in [3.63, 3.8) is 0 Å². The van der Waals surface area contributed by atoms with Crippen LogP contribution in [0.25, 0.3) is 0 Å². The van der Waals surface area contributed by atoms with Crippen LogP contribution in [0.3, 0.4) is 0 Å². The molecule has 1 aromatic carbocycles. The van der Waals surface area contributed by atoms with Gasteiger partial charge in [0.05, 0.1) is 6.61 Å². The number of hydrogen-bond acceptors (Lipinski definition) is 4. The van der Waals surface area contributed by atoms with Gasteiger partial charge in [-0.2, -0.15) is 0 Å². The molecule has 0 heterocycles. The predicted octanol–water partition coefficient (Wildman–Crippen LogP) is 1.30. The average molecular weight is 281 g/mol. The summed E-state index contributed by atoms with van der Waals surface area (Å²) in [7, 11) is 1.59. The maximum absolute atomic E-state index is 11.9. The van der Waals surface area contributed by atoms with Crippen molar-refractivity contribution >= 4 is 11.9 Å². The van der Waals surface area contributed by atoms with Crippen molar-refractivity contribution in [2.75, 3.05) is 20.3 Å². The van der Waals surface area contributed by atoms with Gasteiger partial charge in [-0.25, -0.2) is 4.79 Å². The van der Waals surface area contributed by atoms with E-state index in [-0.39, 0.29) is 0 Å². The lowest BCUT2D eigenvalue weighted by Gasteiger charge is -2.12. The largest absolute Gasteiger partial charge is 0.491 e. The summed E-state index contributed by atoms with van der Waals surface area (Å²) in [5, 5.41) is 11.3. The molecule has 0 aliphatic carbocycles. The Balaban J connectivity index is 2.59. The van der Waals surface area contributed by atoms with Gasteiger partial charge in [-0.15, -0.1) is 0 Å². The van der Waals surface area contributed by atoms with Crippen molar-refractivity contribution in [3.05, 3.63) is 29.8 Å². The van der Waals surface area contributed by atoms with Crippen LogP contribution < -0.4 is 10.1 Å². The second-order valence-electron chi connectivity index (χ2n) is 4.14. The van der Waals surface area contributed by atoms with Gasteiger partial charge < -0.3 is 19.9 Å². The van der Waals surface area contributed by atoms with E-state index in [4.69, 9.17) is 14.6 Å². The Hall–Kier alpha value is -2.08. The fraction of sp³-hybridized carbons (Fsp3) is 0.429. The minimum atomic E-state index is -1.04. The van der Waals surface area contributed by atoms with Crippen LogP contribution in [0.1, 0.15) is 23.7 Å². The van der Waals surface area contributed by atoms with Crippen molar-refractivity contribution in [2.45, 2.75) is 19.4 Å². The molecule has 1 amide bonds. The lowest BCUT2D eigenvalue weighted by molar-refractivity contribution is -0.139. The number of carbonyl (C=O) groups excluding carboxylic acids is 1. The number of hydrogen-bond donors (Lipinski definition) is 2. The van der Waals surface area contributed by atoms with Gasteiger partial charge in [-0.05, 0) is 30.7 Å². The normalized spacial score (nSPS) is 11.7. The first kappa shape index (κ1) is 16.0. The van der Waals surface area contributed by atoms with E-state index in [1.807, 2.05) is 0 Å². The molecule has 0 spiro atoms. The Morgan fingerprint density at radius 1 is 1.25 bits per heavy atom. The zero-order valence-electron chi connectivity index (χ0n) is 11.6. The summed E-state index contributed by atoms with van der Waals surface area (Å²) in [4.78, 5) is 22.7. The number of aliphatic carboxylic acids is 1. The van der Waals surface area contributed by atoms with E-state index in [1.54, 1.807) is 38.3 Å². The summed E-state index contributed by atoms with van der Waals surface area (Å²) in [5.41, 5.74) is 0.392. The first-order chi connectivity index (χ1) is 9.58. The highest BCUT2D eigenvalue weighted by molar-refractivity contribution is 5.96. The molecule has 0 fully saturated rings. The molecule has 6 heteroatoms. The zero-order valence-corrected chi connectivity index (χ0v) is 11.6. The van der Waals surface area contributed by atoms with Crippen LogP contribution in [0.4, 0.5) is 0 Å². The third-order valence-corrected chi connectivity index (χ3v) is 2.68. The van der Waals surface area contributed by atoms with Crippen LogP contribution in [-0.2, 0) is 9.53 Å². The number of carboxylic acid groups (broad SMARTS) is 1. The monoisotopic (exact) mass is 281 g/mol. The van der Waals surface area contributed by atoms with Crippen LogP contribution in [0.5, 0.6) is 5.75 Å². The Labute approximate surface area is 117 Å². The second-order valence-corrected chi connectivity index (χ2v) is 4.14. The van der Waals surface area contributed by atoms with Crippen LogP contribution in [0, 0.1) is 0 Å². The number of rotatable bonds is 8. The lowest BCUT2D eigenvalue weighted by Crippen LogP contribution is -2.40. The van der Waals surface area contributed by atoms with Crippen LogP contribution >= 0.6 is 0 Å². The molecule has 6 nitrogen and oxygen atoms in total. The Morgan fingerprint density at radius 3 is 2.40 bits per heavy atom. The van der Waals surface area contributed by atoms with Crippen molar-refractivity contribution in [3.8, 4) is 5.75 Å². The third kappa shape index (κ3) is 4.89. The molecule has 0 saturated carbocycles. The zero-order chi connectivity index (χ0) is 15.0.